The summed E-state index contributed by atoms with van der Waals surface area (Å²) in [6.07, 6.45) is 3.66. The Balaban J connectivity index is 1.45. The minimum atomic E-state index is 1.00. The van der Waals surface area contributed by atoms with Gasteiger partial charge in [0.15, 0.2) is 0 Å². The molecule has 0 radical (unpaired) electrons. The number of nitrogens with zero attached hydrogens (tertiary/aromatic N) is 4. The number of aromatic nitrogens is 4. The molecular weight excluding hydrogens is 601 g/mol. The molecule has 6 heteroatoms. The van der Waals surface area contributed by atoms with E-state index in [1.165, 1.54) is 73.9 Å². The van der Waals surface area contributed by atoms with Gasteiger partial charge in [-0.3, -0.25) is 0 Å². The lowest BCUT2D eigenvalue weighted by molar-refractivity contribution is 1.18. The summed E-state index contributed by atoms with van der Waals surface area (Å²) in [6.45, 7) is 0. The van der Waals surface area contributed by atoms with Gasteiger partial charge in [0.2, 0.25) is 0 Å². The fourth-order valence-corrected chi connectivity index (χ4v) is 9.91. The molecule has 11 rings (SSSR count). The fourth-order valence-electron chi connectivity index (χ4n) is 7.63. The van der Waals surface area contributed by atoms with Gasteiger partial charge in [0, 0.05) is 69.4 Å². The second kappa shape index (κ2) is 9.01. The quantitative estimate of drug-likeness (QED) is 0.192. The number of benzene rings is 6. The first kappa shape index (κ1) is 24.7. The van der Waals surface area contributed by atoms with Crippen molar-refractivity contribution in [3.8, 4) is 11.4 Å². The monoisotopic (exact) mass is 622 g/mol. The van der Waals surface area contributed by atoms with Crippen LogP contribution < -0.4 is 0 Å². The summed E-state index contributed by atoms with van der Waals surface area (Å²) in [5.74, 6) is 0. The van der Waals surface area contributed by atoms with Crippen molar-refractivity contribution in [2.75, 3.05) is 0 Å². The van der Waals surface area contributed by atoms with Crippen molar-refractivity contribution in [3.63, 3.8) is 0 Å². The van der Waals surface area contributed by atoms with E-state index in [0.29, 0.717) is 0 Å². The highest BCUT2D eigenvalue weighted by atomic mass is 32.1. The van der Waals surface area contributed by atoms with Crippen molar-refractivity contribution >= 4 is 107 Å². The van der Waals surface area contributed by atoms with Crippen LogP contribution >= 0.6 is 22.7 Å². The zero-order chi connectivity index (χ0) is 29.9. The van der Waals surface area contributed by atoms with Crippen molar-refractivity contribution in [2.24, 2.45) is 0 Å². The topological polar surface area (TPSA) is 35.6 Å². The van der Waals surface area contributed by atoms with E-state index in [2.05, 4.69) is 135 Å². The van der Waals surface area contributed by atoms with Crippen LogP contribution in [0.15, 0.2) is 134 Å². The van der Waals surface area contributed by atoms with Crippen LogP contribution in [0.2, 0.25) is 0 Å². The summed E-state index contributed by atoms with van der Waals surface area (Å²) < 4.78 is 9.91. The van der Waals surface area contributed by atoms with Gasteiger partial charge in [-0.1, -0.05) is 72.8 Å². The molecule has 11 aromatic rings. The Bertz CT molecular complexity index is 3030. The molecule has 214 valence electrons. The predicted octanol–water partition coefficient (Wildman–Crippen LogP) is 11.4. The highest BCUT2D eigenvalue weighted by Crippen LogP contribution is 2.50. The molecule has 0 fully saturated rings. The van der Waals surface area contributed by atoms with Gasteiger partial charge in [-0.05, 0) is 48.5 Å². The molecule has 0 atom stereocenters. The van der Waals surface area contributed by atoms with Gasteiger partial charge >= 0.3 is 0 Å². The molecule has 4 nitrogen and oxygen atoms in total. The standard InChI is InChI=1S/C40H22N4S2/c1-2-10-23(11-3-1)43-30-16-8-5-14-27(30)35-38(43)34-26-13-4-7-15-29(26)44(39(34)36-37-33(46-40(35)36)21-41-22-42-37)24-18-19-32-28(20-24)25-12-6-9-17-31(25)45-32/h1-22H. The Morgan fingerprint density at radius 2 is 1.13 bits per heavy atom. The van der Waals surface area contributed by atoms with Crippen LogP contribution in [0.3, 0.4) is 0 Å². The van der Waals surface area contributed by atoms with E-state index in [-0.39, 0.29) is 0 Å². The van der Waals surface area contributed by atoms with Gasteiger partial charge in [0.1, 0.15) is 6.33 Å². The van der Waals surface area contributed by atoms with Crippen molar-refractivity contribution in [2.45, 2.75) is 0 Å². The molecule has 5 aromatic heterocycles. The summed E-state index contributed by atoms with van der Waals surface area (Å²) in [6, 6.07) is 44.2. The Hall–Kier alpha value is -5.56. The zero-order valence-electron chi connectivity index (χ0n) is 24.3. The van der Waals surface area contributed by atoms with E-state index in [0.717, 1.165) is 21.6 Å². The number of thiophene rings is 2. The second-order valence-corrected chi connectivity index (χ2v) is 13.9. The van der Waals surface area contributed by atoms with E-state index >= 15 is 0 Å². The maximum Gasteiger partial charge on any atom is 0.116 e. The summed E-state index contributed by atoms with van der Waals surface area (Å²) in [4.78, 5) is 9.39. The van der Waals surface area contributed by atoms with Crippen molar-refractivity contribution in [1.29, 1.82) is 0 Å². The zero-order valence-corrected chi connectivity index (χ0v) is 25.9. The first-order valence-corrected chi connectivity index (χ1v) is 17.0. The largest absolute Gasteiger partial charge is 0.308 e. The highest BCUT2D eigenvalue weighted by Gasteiger charge is 2.27. The lowest BCUT2D eigenvalue weighted by atomic mass is 10.0. The summed E-state index contributed by atoms with van der Waals surface area (Å²) in [7, 11) is 0. The van der Waals surface area contributed by atoms with Gasteiger partial charge in [0.05, 0.1) is 32.3 Å². The van der Waals surface area contributed by atoms with E-state index in [9.17, 15) is 0 Å². The second-order valence-electron chi connectivity index (χ2n) is 11.8. The minimum absolute atomic E-state index is 1.00. The molecule has 0 saturated carbocycles. The van der Waals surface area contributed by atoms with Crippen LogP contribution in [-0.4, -0.2) is 19.1 Å². The van der Waals surface area contributed by atoms with E-state index in [4.69, 9.17) is 4.98 Å². The van der Waals surface area contributed by atoms with Crippen LogP contribution in [0.5, 0.6) is 0 Å². The van der Waals surface area contributed by atoms with Gasteiger partial charge in [-0.15, -0.1) is 22.7 Å². The lowest BCUT2D eigenvalue weighted by Gasteiger charge is -2.12. The molecule has 0 aliphatic carbocycles. The van der Waals surface area contributed by atoms with Crippen molar-refractivity contribution in [1.82, 2.24) is 19.1 Å². The highest BCUT2D eigenvalue weighted by molar-refractivity contribution is 7.27. The van der Waals surface area contributed by atoms with Crippen LogP contribution in [0.25, 0.3) is 95.5 Å². The molecule has 46 heavy (non-hydrogen) atoms. The molecule has 6 aromatic carbocycles. The van der Waals surface area contributed by atoms with Gasteiger partial charge in [-0.2, -0.15) is 0 Å². The van der Waals surface area contributed by atoms with Crippen LogP contribution in [0, 0.1) is 0 Å². The van der Waals surface area contributed by atoms with E-state index < -0.39 is 0 Å². The Kier molecular flexibility index (Phi) is 4.84. The summed E-state index contributed by atoms with van der Waals surface area (Å²) >= 11 is 3.66. The van der Waals surface area contributed by atoms with Gasteiger partial charge < -0.3 is 9.13 Å². The molecule has 0 amide bonds. The first-order chi connectivity index (χ1) is 22.8. The maximum absolute atomic E-state index is 4.94. The third-order valence-corrected chi connectivity index (χ3v) is 11.7. The van der Waals surface area contributed by atoms with E-state index in [1.807, 2.05) is 17.5 Å². The van der Waals surface area contributed by atoms with Crippen molar-refractivity contribution < 1.29 is 0 Å². The van der Waals surface area contributed by atoms with Crippen LogP contribution in [-0.2, 0) is 0 Å². The number of hydrogen-bond acceptors (Lipinski definition) is 4. The molecule has 5 heterocycles. The Labute approximate surface area is 270 Å². The van der Waals surface area contributed by atoms with Gasteiger partial charge in [-0.25, -0.2) is 9.97 Å². The molecule has 0 unspecified atom stereocenters. The third-order valence-electron chi connectivity index (χ3n) is 9.44. The molecule has 0 N–H and O–H groups in total. The molecule has 0 aliphatic heterocycles. The molecule has 0 saturated heterocycles. The van der Waals surface area contributed by atoms with Crippen LogP contribution in [0.1, 0.15) is 0 Å². The summed E-state index contributed by atoms with van der Waals surface area (Å²) in [5, 5.41) is 8.77. The third kappa shape index (κ3) is 3.12. The van der Waals surface area contributed by atoms with E-state index in [1.54, 1.807) is 17.7 Å². The average molecular weight is 623 g/mol. The lowest BCUT2D eigenvalue weighted by Crippen LogP contribution is -1.96. The number of fused-ring (bicyclic) bond motifs is 15. The number of hydrogen-bond donors (Lipinski definition) is 0. The molecular formula is C40H22N4S2. The molecule has 0 aliphatic rings. The minimum Gasteiger partial charge on any atom is -0.308 e. The van der Waals surface area contributed by atoms with Crippen LogP contribution in [0.4, 0.5) is 0 Å². The number of para-hydroxylation sites is 3. The van der Waals surface area contributed by atoms with Gasteiger partial charge in [0.25, 0.3) is 0 Å². The SMILES string of the molecule is c1ccc(-n2c3ccccc3c3c4sc5cncnc5c4c4c(c5ccccc5n4-c4ccc5sc6ccccc6c5c4)c32)cc1. The Morgan fingerprint density at radius 3 is 1.96 bits per heavy atom. The smallest absolute Gasteiger partial charge is 0.116 e. The summed E-state index contributed by atoms with van der Waals surface area (Å²) in [5.41, 5.74) is 8.10. The maximum atomic E-state index is 4.94. The predicted molar refractivity (Wildman–Crippen MR) is 196 cm³/mol. The Morgan fingerprint density at radius 1 is 0.478 bits per heavy atom. The average Bonchev–Trinajstić information content (AvgIpc) is 3.85. The number of rotatable bonds is 2. The molecule has 0 spiro atoms. The normalized spacial score (nSPS) is 12.3. The van der Waals surface area contributed by atoms with Crippen molar-refractivity contribution in [3.05, 3.63) is 134 Å². The fraction of sp³-hybridized carbons (Fsp3) is 0. The first-order valence-electron chi connectivity index (χ1n) is 15.3. The molecule has 0 bridgehead atoms.